The van der Waals surface area contributed by atoms with Crippen molar-refractivity contribution in [3.8, 4) is 5.69 Å². The number of aromatic nitrogens is 2. The van der Waals surface area contributed by atoms with Gasteiger partial charge in [-0.15, -0.1) is 0 Å². The summed E-state index contributed by atoms with van der Waals surface area (Å²) in [5.74, 6) is -2.51. The third kappa shape index (κ3) is 1.76. The van der Waals surface area contributed by atoms with E-state index in [1.54, 1.807) is 6.07 Å². The fourth-order valence-electron chi connectivity index (χ4n) is 2.00. The molecular weight excluding hydrogens is 273 g/mol. The summed E-state index contributed by atoms with van der Waals surface area (Å²) in [7, 11) is 0. The number of para-hydroxylation sites is 1. The van der Waals surface area contributed by atoms with Gasteiger partial charge in [0.1, 0.15) is 11.3 Å². The van der Waals surface area contributed by atoms with Crippen LogP contribution >= 0.6 is 12.2 Å². The molecule has 0 atom stereocenters. The SMILES string of the molecule is Fc1cccc(-n2c(=S)[nH]c3c(F)cccc32)c1F. The van der Waals surface area contributed by atoms with Gasteiger partial charge in [0.25, 0.3) is 0 Å². The summed E-state index contributed by atoms with van der Waals surface area (Å²) in [4.78, 5) is 2.65. The van der Waals surface area contributed by atoms with Gasteiger partial charge in [-0.25, -0.2) is 13.2 Å². The monoisotopic (exact) mass is 280 g/mol. The maximum Gasteiger partial charge on any atom is 0.182 e. The summed E-state index contributed by atoms with van der Waals surface area (Å²) in [5, 5.41) is 0. The van der Waals surface area contributed by atoms with E-state index in [1.165, 1.54) is 28.8 Å². The van der Waals surface area contributed by atoms with Crippen LogP contribution in [0.2, 0.25) is 0 Å². The number of benzene rings is 2. The molecule has 0 aliphatic heterocycles. The zero-order chi connectivity index (χ0) is 13.6. The summed E-state index contributed by atoms with van der Waals surface area (Å²) >= 11 is 5.05. The smallest absolute Gasteiger partial charge is 0.182 e. The van der Waals surface area contributed by atoms with E-state index in [1.807, 2.05) is 0 Å². The minimum Gasteiger partial charge on any atom is -0.328 e. The van der Waals surface area contributed by atoms with Crippen molar-refractivity contribution in [3.63, 3.8) is 0 Å². The highest BCUT2D eigenvalue weighted by atomic mass is 32.1. The van der Waals surface area contributed by atoms with Crippen LogP contribution in [0.25, 0.3) is 16.7 Å². The van der Waals surface area contributed by atoms with Gasteiger partial charge in [-0.05, 0) is 36.5 Å². The van der Waals surface area contributed by atoms with E-state index >= 15 is 0 Å². The third-order valence-electron chi connectivity index (χ3n) is 2.84. The Morgan fingerprint density at radius 3 is 2.42 bits per heavy atom. The molecule has 0 aliphatic carbocycles. The first-order chi connectivity index (χ1) is 9.09. The van der Waals surface area contributed by atoms with E-state index in [-0.39, 0.29) is 16.0 Å². The summed E-state index contributed by atoms with van der Waals surface area (Å²) in [5.41, 5.74) is 0.465. The maximum absolute atomic E-state index is 13.8. The molecule has 96 valence electrons. The molecule has 3 aromatic rings. The average molecular weight is 280 g/mol. The van der Waals surface area contributed by atoms with E-state index in [0.717, 1.165) is 6.07 Å². The number of nitrogens with one attached hydrogen (secondary N) is 1. The van der Waals surface area contributed by atoms with Gasteiger partial charge in [-0.3, -0.25) is 4.57 Å². The van der Waals surface area contributed by atoms with Gasteiger partial charge in [-0.2, -0.15) is 0 Å². The molecule has 0 saturated heterocycles. The lowest BCUT2D eigenvalue weighted by molar-refractivity contribution is 0.504. The van der Waals surface area contributed by atoms with Crippen LogP contribution in [-0.2, 0) is 0 Å². The highest BCUT2D eigenvalue weighted by Gasteiger charge is 2.15. The molecule has 1 aromatic heterocycles. The second kappa shape index (κ2) is 4.24. The van der Waals surface area contributed by atoms with Crippen molar-refractivity contribution in [3.05, 3.63) is 58.6 Å². The first-order valence-electron chi connectivity index (χ1n) is 5.43. The van der Waals surface area contributed by atoms with Crippen LogP contribution < -0.4 is 0 Å². The predicted octanol–water partition coefficient (Wildman–Crippen LogP) is 4.11. The van der Waals surface area contributed by atoms with Crippen molar-refractivity contribution in [2.75, 3.05) is 0 Å². The highest BCUT2D eigenvalue weighted by Crippen LogP contribution is 2.24. The second-order valence-electron chi connectivity index (χ2n) is 3.97. The van der Waals surface area contributed by atoms with Gasteiger partial charge in [0.15, 0.2) is 16.4 Å². The summed E-state index contributed by atoms with van der Waals surface area (Å²) in [6, 6.07) is 8.08. The number of imidazole rings is 1. The van der Waals surface area contributed by atoms with Crippen LogP contribution in [0.1, 0.15) is 0 Å². The van der Waals surface area contributed by atoms with E-state index < -0.39 is 17.5 Å². The molecule has 0 bridgehead atoms. The standard InChI is InChI=1S/C13H7F3N2S/c14-7-3-1-5-9(11(7)16)18-10-6-2-4-8(15)12(10)17-13(18)19/h1-6H,(H,17,19). The molecule has 2 nitrogen and oxygen atoms in total. The zero-order valence-corrected chi connectivity index (χ0v) is 10.3. The van der Waals surface area contributed by atoms with E-state index in [9.17, 15) is 13.2 Å². The Bertz CT molecular complexity index is 836. The number of halogens is 3. The van der Waals surface area contributed by atoms with E-state index in [0.29, 0.717) is 5.52 Å². The Kier molecular flexibility index (Phi) is 2.67. The van der Waals surface area contributed by atoms with Crippen molar-refractivity contribution in [2.24, 2.45) is 0 Å². The molecule has 19 heavy (non-hydrogen) atoms. The molecule has 0 fully saturated rings. The maximum atomic E-state index is 13.8. The molecular formula is C13H7F3N2S. The zero-order valence-electron chi connectivity index (χ0n) is 9.45. The lowest BCUT2D eigenvalue weighted by atomic mass is 10.2. The summed E-state index contributed by atoms with van der Waals surface area (Å²) < 4.78 is 42.1. The Morgan fingerprint density at radius 1 is 0.947 bits per heavy atom. The molecule has 1 heterocycles. The van der Waals surface area contributed by atoms with Crippen LogP contribution in [0, 0.1) is 22.2 Å². The molecule has 1 N–H and O–H groups in total. The van der Waals surface area contributed by atoms with Crippen LogP contribution in [0.3, 0.4) is 0 Å². The van der Waals surface area contributed by atoms with Gasteiger partial charge in [-0.1, -0.05) is 12.1 Å². The van der Waals surface area contributed by atoms with Crippen molar-refractivity contribution in [2.45, 2.75) is 0 Å². The number of rotatable bonds is 1. The Morgan fingerprint density at radius 2 is 1.63 bits per heavy atom. The molecule has 0 unspecified atom stereocenters. The number of hydrogen-bond acceptors (Lipinski definition) is 1. The Balaban J connectivity index is 2.44. The van der Waals surface area contributed by atoms with Gasteiger partial charge in [0.2, 0.25) is 0 Å². The molecule has 0 saturated carbocycles. The van der Waals surface area contributed by atoms with Gasteiger partial charge in [0, 0.05) is 0 Å². The predicted molar refractivity (Wildman–Crippen MR) is 68.3 cm³/mol. The highest BCUT2D eigenvalue weighted by molar-refractivity contribution is 7.71. The van der Waals surface area contributed by atoms with Crippen molar-refractivity contribution >= 4 is 23.3 Å². The summed E-state index contributed by atoms with van der Waals surface area (Å²) in [6.07, 6.45) is 0. The quantitative estimate of drug-likeness (QED) is 0.665. The minimum atomic E-state index is -1.02. The molecule has 0 aliphatic rings. The van der Waals surface area contributed by atoms with Crippen molar-refractivity contribution in [1.82, 2.24) is 9.55 Å². The lowest BCUT2D eigenvalue weighted by Crippen LogP contribution is -1.99. The van der Waals surface area contributed by atoms with E-state index in [2.05, 4.69) is 4.98 Å². The average Bonchev–Trinajstić information content (AvgIpc) is 2.71. The molecule has 0 amide bonds. The van der Waals surface area contributed by atoms with Gasteiger partial charge >= 0.3 is 0 Å². The normalized spacial score (nSPS) is 11.1. The van der Waals surface area contributed by atoms with Crippen molar-refractivity contribution < 1.29 is 13.2 Å². The Hall–Kier alpha value is -2.08. The number of H-pyrrole nitrogens is 1. The lowest BCUT2D eigenvalue weighted by Gasteiger charge is -2.06. The fraction of sp³-hybridized carbons (Fsp3) is 0. The molecule has 0 radical (unpaired) electrons. The largest absolute Gasteiger partial charge is 0.328 e. The molecule has 6 heteroatoms. The van der Waals surface area contributed by atoms with E-state index in [4.69, 9.17) is 12.2 Å². The van der Waals surface area contributed by atoms with Crippen LogP contribution in [0.15, 0.2) is 36.4 Å². The van der Waals surface area contributed by atoms with Crippen LogP contribution in [-0.4, -0.2) is 9.55 Å². The van der Waals surface area contributed by atoms with Crippen LogP contribution in [0.4, 0.5) is 13.2 Å². The van der Waals surface area contributed by atoms with Crippen molar-refractivity contribution in [1.29, 1.82) is 0 Å². The topological polar surface area (TPSA) is 20.7 Å². The first kappa shape index (κ1) is 12.0. The van der Waals surface area contributed by atoms with Crippen LogP contribution in [0.5, 0.6) is 0 Å². The number of hydrogen-bond donors (Lipinski definition) is 1. The Labute approximate surface area is 111 Å². The number of nitrogens with zero attached hydrogens (tertiary/aromatic N) is 1. The fourth-order valence-corrected chi connectivity index (χ4v) is 2.30. The first-order valence-corrected chi connectivity index (χ1v) is 5.84. The molecule has 0 spiro atoms. The van der Waals surface area contributed by atoms with Gasteiger partial charge in [0.05, 0.1) is 11.2 Å². The summed E-state index contributed by atoms with van der Waals surface area (Å²) in [6.45, 7) is 0. The minimum absolute atomic E-state index is 0.0538. The molecule has 3 rings (SSSR count). The number of fused-ring (bicyclic) bond motifs is 1. The molecule has 2 aromatic carbocycles. The van der Waals surface area contributed by atoms with Gasteiger partial charge < -0.3 is 4.98 Å². The second-order valence-corrected chi connectivity index (χ2v) is 4.36. The third-order valence-corrected chi connectivity index (χ3v) is 3.12. The number of aromatic amines is 1.